The molecule has 0 bridgehead atoms. The molecule has 0 radical (unpaired) electrons. The van der Waals surface area contributed by atoms with Gasteiger partial charge in [0.2, 0.25) is 15.5 Å². The second-order valence-corrected chi connectivity index (χ2v) is 8.80. The zero-order valence-corrected chi connectivity index (χ0v) is 18.1. The van der Waals surface area contributed by atoms with Crippen molar-refractivity contribution >= 4 is 26.8 Å². The minimum atomic E-state index is -3.70. The molecular weight excluding hydrogens is 394 g/mol. The van der Waals surface area contributed by atoms with E-state index in [9.17, 15) is 18.0 Å². The summed E-state index contributed by atoms with van der Waals surface area (Å²) in [4.78, 5) is 28.1. The molecule has 8 nitrogen and oxygen atoms in total. The second kappa shape index (κ2) is 10.00. The molecule has 0 fully saturated rings. The van der Waals surface area contributed by atoms with Crippen molar-refractivity contribution in [3.05, 3.63) is 40.2 Å². The molecule has 0 saturated carbocycles. The highest BCUT2D eigenvalue weighted by Gasteiger charge is 2.23. The van der Waals surface area contributed by atoms with Gasteiger partial charge in [-0.15, -0.1) is 0 Å². The predicted octanol–water partition coefficient (Wildman–Crippen LogP) is 2.10. The van der Waals surface area contributed by atoms with Gasteiger partial charge in [0.25, 0.3) is 5.91 Å². The Kier molecular flexibility index (Phi) is 7.95. The largest absolute Gasteiger partial charge is 0.379 e. The molecule has 0 aliphatic carbocycles. The molecule has 0 spiro atoms. The lowest BCUT2D eigenvalue weighted by Gasteiger charge is -2.18. The third-order valence-corrected chi connectivity index (χ3v) is 6.54. The van der Waals surface area contributed by atoms with Crippen LogP contribution in [0.15, 0.2) is 34.1 Å². The third-order valence-electron chi connectivity index (χ3n) is 4.50. The Morgan fingerprint density at radius 1 is 1.24 bits per heavy atom. The Morgan fingerprint density at radius 3 is 2.55 bits per heavy atom. The van der Waals surface area contributed by atoms with Crippen molar-refractivity contribution in [1.82, 2.24) is 14.6 Å². The van der Waals surface area contributed by atoms with Crippen LogP contribution in [0.3, 0.4) is 0 Å². The fourth-order valence-corrected chi connectivity index (χ4v) is 4.41. The first-order valence-electron chi connectivity index (χ1n) is 9.77. The second-order valence-electron chi connectivity index (χ2n) is 6.86. The summed E-state index contributed by atoms with van der Waals surface area (Å²) >= 11 is 0. The molecule has 9 heteroatoms. The number of hydrogen-bond donors (Lipinski definition) is 2. The molecule has 0 atom stereocenters. The third kappa shape index (κ3) is 5.43. The van der Waals surface area contributed by atoms with Crippen LogP contribution >= 0.6 is 0 Å². The topological polar surface area (TPSA) is 109 Å². The number of pyridine rings is 1. The maximum absolute atomic E-state index is 12.8. The van der Waals surface area contributed by atoms with Crippen LogP contribution in [0.5, 0.6) is 0 Å². The van der Waals surface area contributed by atoms with E-state index < -0.39 is 21.4 Å². The van der Waals surface area contributed by atoms with Gasteiger partial charge in [0.05, 0.1) is 11.0 Å². The lowest BCUT2D eigenvalue weighted by atomic mass is 10.1. The maximum Gasteiger partial charge on any atom is 0.256 e. The van der Waals surface area contributed by atoms with Gasteiger partial charge in [0.15, 0.2) is 0 Å². The first-order valence-corrected chi connectivity index (χ1v) is 11.2. The summed E-state index contributed by atoms with van der Waals surface area (Å²) < 4.78 is 32.2. The van der Waals surface area contributed by atoms with E-state index in [-0.39, 0.29) is 21.9 Å². The molecule has 2 rings (SSSR count). The number of H-pyrrole nitrogens is 1. The highest BCUT2D eigenvalue weighted by molar-refractivity contribution is 7.89. The van der Waals surface area contributed by atoms with E-state index in [1.807, 2.05) is 13.8 Å². The average Bonchev–Trinajstić information content (AvgIpc) is 2.68. The Balaban J connectivity index is 2.28. The number of rotatable bonds is 10. The van der Waals surface area contributed by atoms with Crippen LogP contribution in [0.2, 0.25) is 0 Å². The minimum Gasteiger partial charge on any atom is -0.379 e. The van der Waals surface area contributed by atoms with E-state index in [0.717, 1.165) is 0 Å². The Morgan fingerprint density at radius 2 is 1.93 bits per heavy atom. The van der Waals surface area contributed by atoms with Gasteiger partial charge >= 0.3 is 0 Å². The number of amides is 1. The quantitative estimate of drug-likeness (QED) is 0.569. The molecule has 1 aromatic heterocycles. The Hall–Kier alpha value is -2.23. The number of sulfonamides is 1. The standard InChI is InChI=1S/C20H29N3O5S/c1-5-23(6-2)29(26,27)15-8-9-18-16(12-15)19(24)17(13-22-18)20(25)21-10-7-11-28-14(3)4/h8-9,12-14H,5-7,10-11H2,1-4H3,(H,21,25)(H,22,24). The molecule has 160 valence electrons. The number of aromatic amines is 1. The van der Waals surface area contributed by atoms with Crippen LogP contribution in [-0.2, 0) is 14.8 Å². The molecular formula is C20H29N3O5S. The normalized spacial score (nSPS) is 12.1. The number of aromatic nitrogens is 1. The summed E-state index contributed by atoms with van der Waals surface area (Å²) in [6.07, 6.45) is 2.10. The number of benzene rings is 1. The fourth-order valence-electron chi connectivity index (χ4n) is 2.93. The molecule has 0 aliphatic rings. The van der Waals surface area contributed by atoms with Gasteiger partial charge in [-0.05, 0) is 38.5 Å². The van der Waals surface area contributed by atoms with Crippen molar-refractivity contribution < 1.29 is 17.9 Å². The average molecular weight is 424 g/mol. The van der Waals surface area contributed by atoms with E-state index >= 15 is 0 Å². The molecule has 29 heavy (non-hydrogen) atoms. The van der Waals surface area contributed by atoms with Crippen LogP contribution < -0.4 is 10.7 Å². The van der Waals surface area contributed by atoms with Gasteiger partial charge in [0.1, 0.15) is 5.56 Å². The number of ether oxygens (including phenoxy) is 1. The van der Waals surface area contributed by atoms with E-state index in [1.165, 1.54) is 28.7 Å². The number of nitrogens with one attached hydrogen (secondary N) is 2. The molecule has 2 aromatic rings. The van der Waals surface area contributed by atoms with Gasteiger partial charge in [-0.2, -0.15) is 4.31 Å². The summed E-state index contributed by atoms with van der Waals surface area (Å²) in [5, 5.41) is 2.86. The van der Waals surface area contributed by atoms with E-state index in [2.05, 4.69) is 10.3 Å². The molecule has 1 heterocycles. The first kappa shape index (κ1) is 23.1. The summed E-state index contributed by atoms with van der Waals surface area (Å²) in [5.74, 6) is -0.505. The zero-order chi connectivity index (χ0) is 21.6. The number of carbonyl (C=O) groups is 1. The molecule has 1 aromatic carbocycles. The fraction of sp³-hybridized carbons (Fsp3) is 0.500. The summed E-state index contributed by atoms with van der Waals surface area (Å²) in [7, 11) is -3.70. The summed E-state index contributed by atoms with van der Waals surface area (Å²) in [6.45, 7) is 8.92. The van der Waals surface area contributed by atoms with Crippen LogP contribution in [-0.4, -0.2) is 56.0 Å². The number of carbonyl (C=O) groups excluding carboxylic acids is 1. The molecule has 0 aliphatic heterocycles. The van der Waals surface area contributed by atoms with Gasteiger partial charge in [0, 0.05) is 43.3 Å². The van der Waals surface area contributed by atoms with Crippen molar-refractivity contribution in [3.8, 4) is 0 Å². The van der Waals surface area contributed by atoms with Gasteiger partial charge in [-0.1, -0.05) is 13.8 Å². The predicted molar refractivity (Wildman–Crippen MR) is 113 cm³/mol. The van der Waals surface area contributed by atoms with Gasteiger partial charge in [-0.25, -0.2) is 8.42 Å². The lowest BCUT2D eigenvalue weighted by molar-refractivity contribution is 0.0757. The lowest BCUT2D eigenvalue weighted by Crippen LogP contribution is -2.31. The van der Waals surface area contributed by atoms with Gasteiger partial charge in [-0.3, -0.25) is 9.59 Å². The SMILES string of the molecule is CCN(CC)S(=O)(=O)c1ccc2[nH]cc(C(=O)NCCCOC(C)C)c(=O)c2c1. The van der Waals surface area contributed by atoms with Crippen molar-refractivity contribution in [2.45, 2.75) is 45.1 Å². The van der Waals surface area contributed by atoms with Crippen LogP contribution in [0, 0.1) is 0 Å². The minimum absolute atomic E-state index is 0.0302. The van der Waals surface area contributed by atoms with Crippen molar-refractivity contribution in [1.29, 1.82) is 0 Å². The van der Waals surface area contributed by atoms with E-state index in [4.69, 9.17) is 4.74 Å². The monoisotopic (exact) mass is 423 g/mol. The van der Waals surface area contributed by atoms with Gasteiger partial charge < -0.3 is 15.0 Å². The van der Waals surface area contributed by atoms with Crippen LogP contribution in [0.4, 0.5) is 0 Å². The molecule has 0 saturated heterocycles. The van der Waals surface area contributed by atoms with E-state index in [0.29, 0.717) is 38.2 Å². The molecule has 1 amide bonds. The molecule has 0 unspecified atom stereocenters. The number of hydrogen-bond acceptors (Lipinski definition) is 5. The first-order chi connectivity index (χ1) is 13.7. The zero-order valence-electron chi connectivity index (χ0n) is 17.3. The summed E-state index contributed by atoms with van der Waals surface area (Å²) in [5.41, 5.74) is -0.0960. The van der Waals surface area contributed by atoms with Crippen LogP contribution in [0.1, 0.15) is 44.5 Å². The van der Waals surface area contributed by atoms with Crippen molar-refractivity contribution in [3.63, 3.8) is 0 Å². The van der Waals surface area contributed by atoms with E-state index in [1.54, 1.807) is 13.8 Å². The highest BCUT2D eigenvalue weighted by Crippen LogP contribution is 2.19. The summed E-state index contributed by atoms with van der Waals surface area (Å²) in [6, 6.07) is 4.33. The smallest absolute Gasteiger partial charge is 0.256 e. The highest BCUT2D eigenvalue weighted by atomic mass is 32.2. The van der Waals surface area contributed by atoms with Crippen LogP contribution in [0.25, 0.3) is 10.9 Å². The Labute approximate surface area is 171 Å². The van der Waals surface area contributed by atoms with Crippen molar-refractivity contribution in [2.24, 2.45) is 0 Å². The maximum atomic E-state index is 12.8. The number of nitrogens with zero attached hydrogens (tertiary/aromatic N) is 1. The Bertz CT molecular complexity index is 1010. The number of fused-ring (bicyclic) bond motifs is 1. The van der Waals surface area contributed by atoms with Crippen molar-refractivity contribution in [2.75, 3.05) is 26.2 Å². The molecule has 2 N–H and O–H groups in total.